The van der Waals surface area contributed by atoms with Gasteiger partial charge >= 0.3 is 0 Å². The van der Waals surface area contributed by atoms with Crippen LogP contribution in [0.1, 0.15) is 37.5 Å². The van der Waals surface area contributed by atoms with Crippen LogP contribution in [0.2, 0.25) is 0 Å². The molecule has 1 nitrogen and oxygen atoms in total. The van der Waals surface area contributed by atoms with E-state index < -0.39 is 0 Å². The number of halogens is 2. The van der Waals surface area contributed by atoms with Crippen molar-refractivity contribution in [2.45, 2.75) is 38.1 Å². The van der Waals surface area contributed by atoms with Crippen molar-refractivity contribution in [3.63, 3.8) is 0 Å². The molecular weight excluding hydrogens is 331 g/mol. The van der Waals surface area contributed by atoms with E-state index >= 15 is 0 Å². The summed E-state index contributed by atoms with van der Waals surface area (Å²) in [5.74, 6) is 0.286. The summed E-state index contributed by atoms with van der Waals surface area (Å²) in [6.07, 6.45) is 0. The second kappa shape index (κ2) is 6.61. The van der Waals surface area contributed by atoms with Crippen LogP contribution < -0.4 is 4.74 Å². The smallest absolute Gasteiger partial charge is 0.127 e. The van der Waals surface area contributed by atoms with Crippen molar-refractivity contribution in [2.24, 2.45) is 0 Å². The molecule has 0 N–H and O–H groups in total. The van der Waals surface area contributed by atoms with Crippen LogP contribution in [0.4, 0.5) is 4.39 Å². The highest BCUT2D eigenvalue weighted by Crippen LogP contribution is 2.23. The molecule has 0 aliphatic heterocycles. The molecule has 21 heavy (non-hydrogen) atoms. The SMILES string of the molecule is CC(C)(C)c1ccc(COc2cc(F)cc(CBr)c2)cc1. The third-order valence-electron chi connectivity index (χ3n) is 3.31. The zero-order valence-electron chi connectivity index (χ0n) is 12.6. The van der Waals surface area contributed by atoms with Crippen LogP contribution in [0.15, 0.2) is 42.5 Å². The molecule has 2 aromatic carbocycles. The van der Waals surface area contributed by atoms with Gasteiger partial charge in [0.1, 0.15) is 18.2 Å². The van der Waals surface area contributed by atoms with Crippen LogP contribution in [-0.2, 0) is 17.4 Å². The number of hydrogen-bond acceptors (Lipinski definition) is 1. The van der Waals surface area contributed by atoms with Crippen molar-refractivity contribution in [2.75, 3.05) is 0 Å². The van der Waals surface area contributed by atoms with Gasteiger partial charge in [0.15, 0.2) is 0 Å². The first-order valence-electron chi connectivity index (χ1n) is 6.96. The molecule has 0 aliphatic carbocycles. The van der Waals surface area contributed by atoms with Gasteiger partial charge in [-0.2, -0.15) is 0 Å². The maximum atomic E-state index is 13.4. The molecule has 0 spiro atoms. The predicted molar refractivity (Wildman–Crippen MR) is 88.5 cm³/mol. The quantitative estimate of drug-likeness (QED) is 0.652. The maximum absolute atomic E-state index is 13.4. The summed E-state index contributed by atoms with van der Waals surface area (Å²) in [7, 11) is 0. The molecule has 0 saturated carbocycles. The summed E-state index contributed by atoms with van der Waals surface area (Å²) < 4.78 is 19.1. The van der Waals surface area contributed by atoms with E-state index in [2.05, 4.69) is 61.0 Å². The van der Waals surface area contributed by atoms with Crippen molar-refractivity contribution in [1.29, 1.82) is 0 Å². The topological polar surface area (TPSA) is 9.23 Å². The standard InChI is InChI=1S/C18H20BrFO/c1-18(2,3)15-6-4-13(5-7-15)12-21-17-9-14(11-19)8-16(20)10-17/h4-10H,11-12H2,1-3H3. The summed E-state index contributed by atoms with van der Waals surface area (Å²) >= 11 is 3.33. The Hall–Kier alpha value is -1.35. The molecule has 0 aliphatic rings. The van der Waals surface area contributed by atoms with Crippen molar-refractivity contribution in [1.82, 2.24) is 0 Å². The summed E-state index contributed by atoms with van der Waals surface area (Å²) in [4.78, 5) is 0. The van der Waals surface area contributed by atoms with Crippen LogP contribution in [0.3, 0.4) is 0 Å². The summed E-state index contributed by atoms with van der Waals surface area (Å²) in [5.41, 5.74) is 3.38. The molecule has 112 valence electrons. The third-order valence-corrected chi connectivity index (χ3v) is 3.96. The van der Waals surface area contributed by atoms with E-state index in [1.54, 1.807) is 0 Å². The lowest BCUT2D eigenvalue weighted by atomic mass is 9.87. The molecule has 0 heterocycles. The normalized spacial score (nSPS) is 11.5. The monoisotopic (exact) mass is 350 g/mol. The lowest BCUT2D eigenvalue weighted by Crippen LogP contribution is -2.10. The largest absolute Gasteiger partial charge is 0.489 e. The Kier molecular flexibility index (Phi) is 5.04. The van der Waals surface area contributed by atoms with Crippen LogP contribution in [0.5, 0.6) is 5.75 Å². The van der Waals surface area contributed by atoms with Gasteiger partial charge in [0.25, 0.3) is 0 Å². The zero-order valence-corrected chi connectivity index (χ0v) is 14.2. The minimum Gasteiger partial charge on any atom is -0.489 e. The number of benzene rings is 2. The summed E-state index contributed by atoms with van der Waals surface area (Å²) in [6, 6.07) is 13.1. The van der Waals surface area contributed by atoms with Gasteiger partial charge in [-0.25, -0.2) is 4.39 Å². The Labute approximate surface area is 134 Å². The van der Waals surface area contributed by atoms with E-state index in [1.807, 2.05) is 6.07 Å². The number of hydrogen-bond donors (Lipinski definition) is 0. The molecule has 0 aromatic heterocycles. The van der Waals surface area contributed by atoms with Crippen LogP contribution in [0.25, 0.3) is 0 Å². The second-order valence-corrected chi connectivity index (χ2v) is 6.73. The van der Waals surface area contributed by atoms with E-state index in [0.29, 0.717) is 17.7 Å². The molecule has 3 heteroatoms. The molecule has 0 radical (unpaired) electrons. The van der Waals surface area contributed by atoms with Gasteiger partial charge in [-0.05, 0) is 34.2 Å². The van der Waals surface area contributed by atoms with Crippen LogP contribution in [0, 0.1) is 5.82 Å². The molecule has 2 aromatic rings. The molecule has 0 bridgehead atoms. The van der Waals surface area contributed by atoms with E-state index in [4.69, 9.17) is 4.74 Å². The minimum absolute atomic E-state index is 0.146. The first kappa shape index (κ1) is 16.0. The molecule has 0 saturated heterocycles. The molecule has 2 rings (SSSR count). The fraction of sp³-hybridized carbons (Fsp3) is 0.333. The fourth-order valence-electron chi connectivity index (χ4n) is 2.05. The predicted octanol–water partition coefficient (Wildman–Crippen LogP) is 5.60. The average molecular weight is 351 g/mol. The van der Waals surface area contributed by atoms with Crippen molar-refractivity contribution < 1.29 is 9.13 Å². The average Bonchev–Trinajstić information content (AvgIpc) is 2.44. The van der Waals surface area contributed by atoms with Gasteiger partial charge in [-0.1, -0.05) is 61.0 Å². The molecule has 0 atom stereocenters. The van der Waals surface area contributed by atoms with Gasteiger partial charge in [0.2, 0.25) is 0 Å². The van der Waals surface area contributed by atoms with Crippen molar-refractivity contribution in [3.8, 4) is 5.75 Å². The van der Waals surface area contributed by atoms with Gasteiger partial charge in [0.05, 0.1) is 0 Å². The van der Waals surface area contributed by atoms with Gasteiger partial charge < -0.3 is 4.74 Å². The van der Waals surface area contributed by atoms with Gasteiger partial charge in [-0.3, -0.25) is 0 Å². The Morgan fingerprint density at radius 1 is 1.00 bits per heavy atom. The van der Waals surface area contributed by atoms with Crippen molar-refractivity contribution >= 4 is 15.9 Å². The fourth-order valence-corrected chi connectivity index (χ4v) is 2.37. The lowest BCUT2D eigenvalue weighted by molar-refractivity contribution is 0.304. The Morgan fingerprint density at radius 2 is 1.67 bits per heavy atom. The van der Waals surface area contributed by atoms with E-state index in [1.165, 1.54) is 17.7 Å². The summed E-state index contributed by atoms with van der Waals surface area (Å²) in [5, 5.41) is 0.612. The van der Waals surface area contributed by atoms with E-state index in [0.717, 1.165) is 11.1 Å². The molecular formula is C18H20BrFO. The van der Waals surface area contributed by atoms with Crippen LogP contribution >= 0.6 is 15.9 Å². The van der Waals surface area contributed by atoms with Crippen molar-refractivity contribution in [3.05, 3.63) is 65.0 Å². The maximum Gasteiger partial charge on any atom is 0.127 e. The molecule has 0 fully saturated rings. The van der Waals surface area contributed by atoms with E-state index in [-0.39, 0.29) is 11.2 Å². The number of ether oxygens (including phenoxy) is 1. The Morgan fingerprint density at radius 3 is 2.24 bits per heavy atom. The highest BCUT2D eigenvalue weighted by Gasteiger charge is 2.12. The van der Waals surface area contributed by atoms with Crippen LogP contribution in [-0.4, -0.2) is 0 Å². The molecule has 0 amide bonds. The first-order valence-corrected chi connectivity index (χ1v) is 8.08. The second-order valence-electron chi connectivity index (χ2n) is 6.16. The zero-order chi connectivity index (χ0) is 15.5. The molecule has 0 unspecified atom stereocenters. The van der Waals surface area contributed by atoms with Gasteiger partial charge in [0, 0.05) is 11.4 Å². The first-order chi connectivity index (χ1) is 9.88. The highest BCUT2D eigenvalue weighted by molar-refractivity contribution is 9.08. The summed E-state index contributed by atoms with van der Waals surface area (Å²) in [6.45, 7) is 7.00. The third kappa shape index (κ3) is 4.57. The Bertz CT molecular complexity index is 600. The highest BCUT2D eigenvalue weighted by atomic mass is 79.9. The number of rotatable bonds is 4. The van der Waals surface area contributed by atoms with Gasteiger partial charge in [-0.15, -0.1) is 0 Å². The van der Waals surface area contributed by atoms with E-state index in [9.17, 15) is 4.39 Å². The lowest BCUT2D eigenvalue weighted by Gasteiger charge is -2.19. The Balaban J connectivity index is 2.05. The minimum atomic E-state index is -0.273. The number of alkyl halides is 1.